The summed E-state index contributed by atoms with van der Waals surface area (Å²) >= 11 is 0. The van der Waals surface area contributed by atoms with E-state index in [1.165, 1.54) is 12.1 Å². The highest BCUT2D eigenvalue weighted by Crippen LogP contribution is 2.27. The summed E-state index contributed by atoms with van der Waals surface area (Å²) in [5, 5.41) is 4.34. The molecule has 18 heavy (non-hydrogen) atoms. The predicted molar refractivity (Wildman–Crippen MR) is 68.0 cm³/mol. The van der Waals surface area contributed by atoms with Crippen LogP contribution in [0, 0.1) is 5.82 Å². The third-order valence-electron chi connectivity index (χ3n) is 2.81. The Morgan fingerprint density at radius 1 is 1.39 bits per heavy atom. The van der Waals surface area contributed by atoms with Gasteiger partial charge in [-0.25, -0.2) is 4.39 Å². The second-order valence-electron chi connectivity index (χ2n) is 4.27. The molecule has 2 aromatic rings. The lowest BCUT2D eigenvalue weighted by Gasteiger charge is -2.04. The van der Waals surface area contributed by atoms with E-state index >= 15 is 0 Å². The van der Waals surface area contributed by atoms with Crippen molar-refractivity contribution in [2.45, 2.75) is 19.8 Å². The van der Waals surface area contributed by atoms with Crippen LogP contribution in [0.2, 0.25) is 0 Å². The largest absolute Gasteiger partial charge is 0.298 e. The predicted octanol–water partition coefficient (Wildman–Crippen LogP) is 2.99. The monoisotopic (exact) mass is 246 g/mol. The summed E-state index contributed by atoms with van der Waals surface area (Å²) in [6.07, 6.45) is 4.25. The Balaban J connectivity index is 2.56. The number of carbonyl (C=O) groups excluding carboxylic acids is 1. The van der Waals surface area contributed by atoms with Gasteiger partial charge < -0.3 is 0 Å². The molecule has 0 saturated carbocycles. The number of aromatic nitrogens is 2. The Kier molecular flexibility index (Phi) is 3.55. The van der Waals surface area contributed by atoms with Gasteiger partial charge in [0.2, 0.25) is 0 Å². The molecule has 0 spiro atoms. The highest BCUT2D eigenvalue weighted by Gasteiger charge is 2.13. The van der Waals surface area contributed by atoms with Gasteiger partial charge in [0.1, 0.15) is 12.1 Å². The van der Waals surface area contributed by atoms with E-state index in [4.69, 9.17) is 0 Å². The quantitative estimate of drug-likeness (QED) is 0.777. The fourth-order valence-electron chi connectivity index (χ4n) is 2.00. The fourth-order valence-corrected chi connectivity index (χ4v) is 2.00. The molecule has 0 aliphatic carbocycles. The molecule has 0 aliphatic heterocycles. The number of nitrogens with zero attached hydrogens (tertiary/aromatic N) is 2. The molecular weight excluding hydrogens is 231 g/mol. The van der Waals surface area contributed by atoms with Crippen LogP contribution < -0.4 is 0 Å². The Morgan fingerprint density at radius 2 is 2.17 bits per heavy atom. The first-order valence-electron chi connectivity index (χ1n) is 5.93. The third-order valence-corrected chi connectivity index (χ3v) is 2.81. The number of carbonyl (C=O) groups is 1. The Bertz CT molecular complexity index is 575. The van der Waals surface area contributed by atoms with Crippen LogP contribution in [0.15, 0.2) is 24.4 Å². The van der Waals surface area contributed by atoms with Crippen LogP contribution in [0.5, 0.6) is 0 Å². The maximum absolute atomic E-state index is 13.9. The number of aryl methyl sites for hydroxylation is 2. The number of aldehydes is 1. The molecule has 2 rings (SSSR count). The van der Waals surface area contributed by atoms with E-state index in [1.54, 1.807) is 16.9 Å². The normalized spacial score (nSPS) is 10.6. The van der Waals surface area contributed by atoms with Gasteiger partial charge in [-0.1, -0.05) is 13.3 Å². The average Bonchev–Trinajstić information content (AvgIpc) is 2.71. The van der Waals surface area contributed by atoms with Crippen molar-refractivity contribution in [1.29, 1.82) is 0 Å². The molecule has 1 aromatic carbocycles. The second kappa shape index (κ2) is 5.12. The van der Waals surface area contributed by atoms with Gasteiger partial charge in [-0.15, -0.1) is 0 Å². The molecule has 4 heteroatoms. The number of benzene rings is 1. The maximum Gasteiger partial charge on any atom is 0.150 e. The molecule has 1 heterocycles. The smallest absolute Gasteiger partial charge is 0.150 e. The minimum absolute atomic E-state index is 0.328. The van der Waals surface area contributed by atoms with Crippen molar-refractivity contribution in [3.63, 3.8) is 0 Å². The highest BCUT2D eigenvalue weighted by molar-refractivity contribution is 5.79. The third kappa shape index (κ3) is 2.32. The molecule has 0 saturated heterocycles. The molecular formula is C14H15FN2O. The summed E-state index contributed by atoms with van der Waals surface area (Å²) in [5.41, 5.74) is 2.54. The first-order valence-corrected chi connectivity index (χ1v) is 5.93. The minimum atomic E-state index is -0.328. The number of hydrogen-bond acceptors (Lipinski definition) is 2. The van der Waals surface area contributed by atoms with Gasteiger partial charge in [0, 0.05) is 29.9 Å². The van der Waals surface area contributed by atoms with Gasteiger partial charge in [-0.3, -0.25) is 9.48 Å². The summed E-state index contributed by atoms with van der Waals surface area (Å²) in [5.74, 6) is -0.328. The van der Waals surface area contributed by atoms with Crippen molar-refractivity contribution in [1.82, 2.24) is 9.78 Å². The number of halogens is 1. The van der Waals surface area contributed by atoms with Crippen LogP contribution in [-0.2, 0) is 13.5 Å². The van der Waals surface area contributed by atoms with Gasteiger partial charge >= 0.3 is 0 Å². The summed E-state index contributed by atoms with van der Waals surface area (Å²) in [6, 6.07) is 4.36. The van der Waals surface area contributed by atoms with Crippen LogP contribution in [0.3, 0.4) is 0 Å². The van der Waals surface area contributed by atoms with E-state index in [0.717, 1.165) is 30.4 Å². The lowest BCUT2D eigenvalue weighted by Crippen LogP contribution is -1.92. The van der Waals surface area contributed by atoms with E-state index in [1.807, 2.05) is 7.05 Å². The number of rotatable bonds is 4. The lowest BCUT2D eigenvalue weighted by molar-refractivity contribution is 0.112. The molecule has 1 aromatic heterocycles. The summed E-state index contributed by atoms with van der Waals surface area (Å²) in [6.45, 7) is 2.05. The highest BCUT2D eigenvalue weighted by atomic mass is 19.1. The van der Waals surface area contributed by atoms with E-state index in [9.17, 15) is 9.18 Å². The van der Waals surface area contributed by atoms with Crippen molar-refractivity contribution >= 4 is 6.29 Å². The van der Waals surface area contributed by atoms with Gasteiger partial charge in [-0.05, 0) is 24.6 Å². The standard InChI is InChI=1S/C14H15FN2O/c1-3-4-14-12(8-17(2)16-14)11-7-10(9-18)5-6-13(11)15/h5-9H,3-4H2,1-2H3. The Morgan fingerprint density at radius 3 is 2.83 bits per heavy atom. The molecule has 3 nitrogen and oxygen atoms in total. The molecule has 0 unspecified atom stereocenters. The molecule has 0 amide bonds. The first-order chi connectivity index (χ1) is 8.65. The van der Waals surface area contributed by atoms with Crippen molar-refractivity contribution in [2.24, 2.45) is 7.05 Å². The fraction of sp³-hybridized carbons (Fsp3) is 0.286. The minimum Gasteiger partial charge on any atom is -0.298 e. The first kappa shape index (κ1) is 12.5. The average molecular weight is 246 g/mol. The Labute approximate surface area is 105 Å². The van der Waals surface area contributed by atoms with Crippen LogP contribution in [-0.4, -0.2) is 16.1 Å². The summed E-state index contributed by atoms with van der Waals surface area (Å²) < 4.78 is 15.5. The van der Waals surface area contributed by atoms with E-state index in [2.05, 4.69) is 12.0 Å². The van der Waals surface area contributed by atoms with Crippen molar-refractivity contribution in [2.75, 3.05) is 0 Å². The van der Waals surface area contributed by atoms with E-state index in [-0.39, 0.29) is 5.82 Å². The van der Waals surface area contributed by atoms with Gasteiger partial charge in [0.25, 0.3) is 0 Å². The molecule has 0 aliphatic rings. The van der Waals surface area contributed by atoms with Gasteiger partial charge in [-0.2, -0.15) is 5.10 Å². The second-order valence-corrected chi connectivity index (χ2v) is 4.27. The van der Waals surface area contributed by atoms with E-state index in [0.29, 0.717) is 11.1 Å². The van der Waals surface area contributed by atoms with Crippen molar-refractivity contribution in [3.8, 4) is 11.1 Å². The lowest BCUT2D eigenvalue weighted by atomic mass is 10.0. The molecule has 0 radical (unpaired) electrons. The SMILES string of the molecule is CCCc1nn(C)cc1-c1cc(C=O)ccc1F. The van der Waals surface area contributed by atoms with Crippen LogP contribution >= 0.6 is 0 Å². The van der Waals surface area contributed by atoms with Crippen molar-refractivity contribution in [3.05, 3.63) is 41.5 Å². The van der Waals surface area contributed by atoms with Gasteiger partial charge in [0.15, 0.2) is 0 Å². The molecule has 0 atom stereocenters. The summed E-state index contributed by atoms with van der Waals surface area (Å²) in [4.78, 5) is 10.8. The van der Waals surface area contributed by atoms with Crippen molar-refractivity contribution < 1.29 is 9.18 Å². The zero-order valence-electron chi connectivity index (χ0n) is 10.5. The van der Waals surface area contributed by atoms with Crippen LogP contribution in [0.1, 0.15) is 29.4 Å². The zero-order chi connectivity index (χ0) is 13.1. The topological polar surface area (TPSA) is 34.9 Å². The molecule has 0 fully saturated rings. The van der Waals surface area contributed by atoms with E-state index < -0.39 is 0 Å². The van der Waals surface area contributed by atoms with Crippen LogP contribution in [0.4, 0.5) is 4.39 Å². The summed E-state index contributed by atoms with van der Waals surface area (Å²) in [7, 11) is 1.81. The van der Waals surface area contributed by atoms with Crippen LogP contribution in [0.25, 0.3) is 11.1 Å². The molecule has 94 valence electrons. The Hall–Kier alpha value is -1.97. The van der Waals surface area contributed by atoms with Gasteiger partial charge in [0.05, 0.1) is 5.69 Å². The molecule has 0 bridgehead atoms. The maximum atomic E-state index is 13.9. The number of hydrogen-bond donors (Lipinski definition) is 0. The zero-order valence-corrected chi connectivity index (χ0v) is 10.5. The molecule has 0 N–H and O–H groups in total.